The van der Waals surface area contributed by atoms with E-state index in [1.54, 1.807) is 7.11 Å². The summed E-state index contributed by atoms with van der Waals surface area (Å²) in [6, 6.07) is 0. The molecule has 1 N–H and O–H groups in total. The Bertz CT molecular complexity index is 441. The summed E-state index contributed by atoms with van der Waals surface area (Å²) >= 11 is 0. The first-order valence-corrected chi connectivity index (χ1v) is 8.35. The lowest BCUT2D eigenvalue weighted by molar-refractivity contribution is -0.0527. The minimum absolute atomic E-state index is 0.0313. The molecule has 118 valence electrons. The molecule has 1 unspecified atom stereocenters. The highest BCUT2D eigenvalue weighted by molar-refractivity contribution is 5.13. The van der Waals surface area contributed by atoms with Crippen molar-refractivity contribution in [1.29, 1.82) is 0 Å². The van der Waals surface area contributed by atoms with Crippen molar-refractivity contribution in [3.05, 3.63) is 11.7 Å². The Balaban J connectivity index is 1.88. The molecule has 2 heterocycles. The molecular weight excluding hydrogens is 266 g/mol. The topological polar surface area (TPSA) is 60.2 Å². The van der Waals surface area contributed by atoms with Gasteiger partial charge in [-0.05, 0) is 32.2 Å². The lowest BCUT2D eigenvalue weighted by atomic mass is 9.82. The lowest BCUT2D eigenvalue weighted by Gasteiger charge is -2.32. The van der Waals surface area contributed by atoms with Gasteiger partial charge in [-0.1, -0.05) is 37.8 Å². The molecule has 1 aliphatic carbocycles. The fourth-order valence-electron chi connectivity index (χ4n) is 3.99. The van der Waals surface area contributed by atoms with E-state index in [0.717, 1.165) is 56.9 Å². The minimum Gasteiger partial charge on any atom is -0.370 e. The van der Waals surface area contributed by atoms with E-state index in [1.165, 1.54) is 19.3 Å². The Labute approximate surface area is 126 Å². The van der Waals surface area contributed by atoms with Gasteiger partial charge in [-0.2, -0.15) is 4.98 Å². The van der Waals surface area contributed by atoms with Gasteiger partial charge in [0.25, 0.3) is 0 Å². The van der Waals surface area contributed by atoms with Crippen LogP contribution in [0.4, 0.5) is 0 Å². The van der Waals surface area contributed by atoms with Crippen LogP contribution in [0.2, 0.25) is 0 Å². The zero-order valence-electron chi connectivity index (χ0n) is 13.3. The molecule has 21 heavy (non-hydrogen) atoms. The average molecular weight is 293 g/mol. The number of aromatic nitrogens is 2. The normalized spacial score (nSPS) is 28.9. The van der Waals surface area contributed by atoms with Gasteiger partial charge in [-0.25, -0.2) is 0 Å². The van der Waals surface area contributed by atoms with Gasteiger partial charge < -0.3 is 14.6 Å². The Morgan fingerprint density at radius 3 is 2.67 bits per heavy atom. The average Bonchev–Trinajstić information content (AvgIpc) is 3.18. The summed E-state index contributed by atoms with van der Waals surface area (Å²) in [7, 11) is 1.78. The van der Waals surface area contributed by atoms with E-state index in [0.29, 0.717) is 0 Å². The number of methoxy groups -OCH3 is 1. The molecule has 0 aromatic carbocycles. The Hall–Kier alpha value is -0.940. The molecule has 0 amide bonds. The summed E-state index contributed by atoms with van der Waals surface area (Å²) in [5.74, 6) is 1.58. The number of hydrogen-bond acceptors (Lipinski definition) is 5. The third-order valence-corrected chi connectivity index (χ3v) is 5.31. The summed E-state index contributed by atoms with van der Waals surface area (Å²) in [4.78, 5) is 4.81. The van der Waals surface area contributed by atoms with Crippen LogP contribution in [0.1, 0.15) is 70.0 Å². The molecule has 1 atom stereocenters. The first-order chi connectivity index (χ1) is 10.2. The molecule has 2 fully saturated rings. The molecule has 1 saturated carbocycles. The van der Waals surface area contributed by atoms with Gasteiger partial charge in [0.1, 0.15) is 5.60 Å². The van der Waals surface area contributed by atoms with E-state index < -0.39 is 0 Å². The van der Waals surface area contributed by atoms with Gasteiger partial charge in [-0.3, -0.25) is 0 Å². The molecule has 3 rings (SSSR count). The van der Waals surface area contributed by atoms with Crippen LogP contribution in [0, 0.1) is 0 Å². The number of hydrogen-bond donors (Lipinski definition) is 1. The summed E-state index contributed by atoms with van der Waals surface area (Å²) < 4.78 is 11.5. The van der Waals surface area contributed by atoms with Crippen LogP contribution >= 0.6 is 0 Å². The zero-order valence-corrected chi connectivity index (χ0v) is 13.3. The third-order valence-electron chi connectivity index (χ3n) is 5.31. The van der Waals surface area contributed by atoms with Crippen LogP contribution in [0.5, 0.6) is 0 Å². The molecule has 1 aromatic heterocycles. The van der Waals surface area contributed by atoms with Crippen LogP contribution in [-0.2, 0) is 15.8 Å². The van der Waals surface area contributed by atoms with E-state index >= 15 is 0 Å². The van der Waals surface area contributed by atoms with E-state index in [2.05, 4.69) is 17.4 Å². The molecule has 5 heteroatoms. The van der Waals surface area contributed by atoms with Crippen molar-refractivity contribution < 1.29 is 9.26 Å². The predicted molar refractivity (Wildman–Crippen MR) is 80.1 cm³/mol. The minimum atomic E-state index is -0.320. The molecule has 1 aliphatic heterocycles. The summed E-state index contributed by atoms with van der Waals surface area (Å²) in [5, 5.41) is 7.77. The Morgan fingerprint density at radius 1 is 1.24 bits per heavy atom. The number of ether oxygens (including phenoxy) is 1. The van der Waals surface area contributed by atoms with Gasteiger partial charge in [-0.15, -0.1) is 0 Å². The highest BCUT2D eigenvalue weighted by Gasteiger charge is 2.43. The summed E-state index contributed by atoms with van der Waals surface area (Å²) in [6.45, 7) is 4.20. The van der Waals surface area contributed by atoms with Crippen molar-refractivity contribution >= 4 is 0 Å². The van der Waals surface area contributed by atoms with Gasteiger partial charge in [0, 0.05) is 13.7 Å². The van der Waals surface area contributed by atoms with E-state index in [4.69, 9.17) is 14.2 Å². The first-order valence-electron chi connectivity index (χ1n) is 8.35. The van der Waals surface area contributed by atoms with Crippen molar-refractivity contribution in [3.8, 4) is 0 Å². The maximum Gasteiger partial charge on any atom is 0.234 e. The summed E-state index contributed by atoms with van der Waals surface area (Å²) in [6.07, 6.45) is 8.96. The highest BCUT2D eigenvalue weighted by Crippen LogP contribution is 2.40. The molecule has 5 nitrogen and oxygen atoms in total. The van der Waals surface area contributed by atoms with Crippen LogP contribution < -0.4 is 5.32 Å². The highest BCUT2D eigenvalue weighted by atomic mass is 16.5. The monoisotopic (exact) mass is 293 g/mol. The molecule has 0 radical (unpaired) electrons. The SMILES string of the molecule is CCCC1(c2nc(C3(OC)CCCCC3)no2)CCNC1. The number of nitrogens with one attached hydrogen (secondary N) is 1. The lowest BCUT2D eigenvalue weighted by Crippen LogP contribution is -2.33. The standard InChI is InChI=1S/C16H27N3O2/c1-3-7-15(10-11-17-12-15)14-18-13(19-21-14)16(20-2)8-5-4-6-9-16/h17H,3-12H2,1-2H3. The van der Waals surface area contributed by atoms with Crippen molar-refractivity contribution in [2.24, 2.45) is 0 Å². The molecule has 2 aliphatic rings. The van der Waals surface area contributed by atoms with Crippen LogP contribution in [0.15, 0.2) is 4.52 Å². The van der Waals surface area contributed by atoms with Crippen molar-refractivity contribution in [2.75, 3.05) is 20.2 Å². The fraction of sp³-hybridized carbons (Fsp3) is 0.875. The van der Waals surface area contributed by atoms with Crippen LogP contribution in [-0.4, -0.2) is 30.3 Å². The quantitative estimate of drug-likeness (QED) is 0.904. The van der Waals surface area contributed by atoms with Gasteiger partial charge in [0.2, 0.25) is 11.7 Å². The van der Waals surface area contributed by atoms with Crippen molar-refractivity contribution in [3.63, 3.8) is 0 Å². The fourth-order valence-corrected chi connectivity index (χ4v) is 3.99. The summed E-state index contributed by atoms with van der Waals surface area (Å²) in [5.41, 5.74) is -0.289. The molecular formula is C16H27N3O2. The molecule has 1 aromatic rings. The predicted octanol–water partition coefficient (Wildman–Crippen LogP) is 2.91. The van der Waals surface area contributed by atoms with Gasteiger partial charge >= 0.3 is 0 Å². The maximum absolute atomic E-state index is 5.83. The second-order valence-corrected chi connectivity index (χ2v) is 6.64. The van der Waals surface area contributed by atoms with E-state index in [9.17, 15) is 0 Å². The zero-order chi connectivity index (χ0) is 14.8. The second-order valence-electron chi connectivity index (χ2n) is 6.64. The Kier molecular flexibility index (Phi) is 4.31. The maximum atomic E-state index is 5.83. The molecule has 0 bridgehead atoms. The number of rotatable bonds is 5. The Morgan fingerprint density at radius 2 is 2.05 bits per heavy atom. The number of nitrogens with zero attached hydrogens (tertiary/aromatic N) is 2. The third kappa shape index (κ3) is 2.61. The van der Waals surface area contributed by atoms with Gasteiger partial charge in [0.05, 0.1) is 5.41 Å². The van der Waals surface area contributed by atoms with E-state index in [1.807, 2.05) is 0 Å². The van der Waals surface area contributed by atoms with Gasteiger partial charge in [0.15, 0.2) is 0 Å². The van der Waals surface area contributed by atoms with Crippen LogP contribution in [0.25, 0.3) is 0 Å². The van der Waals surface area contributed by atoms with Crippen molar-refractivity contribution in [2.45, 2.75) is 69.3 Å². The largest absolute Gasteiger partial charge is 0.370 e. The second kappa shape index (κ2) is 6.05. The van der Waals surface area contributed by atoms with Crippen molar-refractivity contribution in [1.82, 2.24) is 15.5 Å². The van der Waals surface area contributed by atoms with Crippen LogP contribution in [0.3, 0.4) is 0 Å². The molecule has 0 spiro atoms. The smallest absolute Gasteiger partial charge is 0.234 e. The molecule has 1 saturated heterocycles. The van der Waals surface area contributed by atoms with E-state index in [-0.39, 0.29) is 11.0 Å². The first kappa shape index (κ1) is 15.0.